The van der Waals surface area contributed by atoms with Crippen molar-refractivity contribution in [3.05, 3.63) is 99.3 Å². The summed E-state index contributed by atoms with van der Waals surface area (Å²) in [7, 11) is -4.26. The Morgan fingerprint density at radius 3 is 2.49 bits per heavy atom. The van der Waals surface area contributed by atoms with E-state index in [1.807, 2.05) is 18.2 Å². The maximum absolute atomic E-state index is 13.9. The molecule has 218 valence electrons. The minimum atomic E-state index is -4.26. The Hall–Kier alpha value is -3.58. The van der Waals surface area contributed by atoms with Crippen LogP contribution >= 0.6 is 7.75 Å². The van der Waals surface area contributed by atoms with Crippen molar-refractivity contribution in [1.82, 2.24) is 14.6 Å². The Morgan fingerprint density at radius 1 is 1.17 bits per heavy atom. The second-order valence-electron chi connectivity index (χ2n) is 9.68. The number of nitrogens with one attached hydrogen (secondary N) is 2. The molecule has 2 aliphatic heterocycles. The zero-order valence-corrected chi connectivity index (χ0v) is 23.0. The monoisotopic (exact) mass is 587 g/mol. The quantitative estimate of drug-likeness (QED) is 0.221. The average molecular weight is 588 g/mol. The van der Waals surface area contributed by atoms with Crippen LogP contribution in [0.1, 0.15) is 25.1 Å². The van der Waals surface area contributed by atoms with Gasteiger partial charge in [0.2, 0.25) is 0 Å². The van der Waals surface area contributed by atoms with E-state index in [2.05, 4.69) is 10.1 Å². The largest absolute Gasteiger partial charge is 0.460 e. The topological polar surface area (TPSA) is 167 Å². The summed E-state index contributed by atoms with van der Waals surface area (Å²) in [6.45, 7) is 1.34. The number of rotatable bonds is 11. The number of hydrogen-bond acceptors (Lipinski definition) is 10. The molecular formula is C27H30N3O10P. The first-order valence-electron chi connectivity index (χ1n) is 13.0. The van der Waals surface area contributed by atoms with Crippen LogP contribution in [0.2, 0.25) is 0 Å². The van der Waals surface area contributed by atoms with E-state index in [0.717, 1.165) is 16.2 Å². The van der Waals surface area contributed by atoms with E-state index in [9.17, 15) is 24.1 Å². The van der Waals surface area contributed by atoms with Crippen LogP contribution in [0.4, 0.5) is 0 Å². The Balaban J connectivity index is 1.30. The third-order valence-corrected chi connectivity index (χ3v) is 8.49. The molecule has 3 N–H and O–H groups in total. The van der Waals surface area contributed by atoms with Gasteiger partial charge in [-0.25, -0.2) is 9.36 Å². The van der Waals surface area contributed by atoms with Crippen LogP contribution in [0.15, 0.2) is 82.5 Å². The molecule has 14 heteroatoms. The van der Waals surface area contributed by atoms with Gasteiger partial charge in [-0.2, -0.15) is 5.09 Å². The number of carbonyl (C=O) groups is 1. The van der Waals surface area contributed by atoms with E-state index in [-0.39, 0.29) is 12.4 Å². The number of aliphatic hydroxyl groups excluding tert-OH is 1. The number of para-hydroxylation sites is 1. The number of carbonyl (C=O) groups excluding carboxylic acids is 1. The molecule has 0 aliphatic carbocycles. The number of hydrogen-bond donors (Lipinski definition) is 3. The fourth-order valence-electron chi connectivity index (χ4n) is 4.65. The van der Waals surface area contributed by atoms with Crippen molar-refractivity contribution in [2.24, 2.45) is 0 Å². The summed E-state index contributed by atoms with van der Waals surface area (Å²) in [6, 6.07) is 17.3. The molecule has 2 aliphatic rings. The SMILES string of the molecule is CC(NP(=O)(OCC1OC(n2ccc(=O)[nH]c2=O)C2(CCO2)C1O)Oc1ccccc1)C(=O)OCc1ccccc1. The van der Waals surface area contributed by atoms with Crippen molar-refractivity contribution in [2.75, 3.05) is 13.2 Å². The first-order chi connectivity index (χ1) is 19.7. The number of aliphatic hydroxyl groups is 1. The lowest BCUT2D eigenvalue weighted by atomic mass is 9.86. The zero-order valence-electron chi connectivity index (χ0n) is 22.1. The number of aromatic amines is 1. The van der Waals surface area contributed by atoms with E-state index in [1.54, 1.807) is 42.5 Å². The Bertz CT molecular complexity index is 1510. The van der Waals surface area contributed by atoms with Gasteiger partial charge < -0.3 is 23.8 Å². The molecule has 13 nitrogen and oxygen atoms in total. The van der Waals surface area contributed by atoms with Gasteiger partial charge in [-0.15, -0.1) is 0 Å². The molecule has 6 unspecified atom stereocenters. The maximum Gasteiger partial charge on any atom is 0.459 e. The van der Waals surface area contributed by atoms with E-state index >= 15 is 0 Å². The molecule has 6 atom stereocenters. The second-order valence-corrected chi connectivity index (χ2v) is 11.4. The second kappa shape index (κ2) is 12.1. The van der Waals surface area contributed by atoms with Gasteiger partial charge in [0.05, 0.1) is 13.2 Å². The summed E-state index contributed by atoms with van der Waals surface area (Å²) < 4.78 is 43.4. The van der Waals surface area contributed by atoms with Gasteiger partial charge in [0.25, 0.3) is 5.56 Å². The zero-order chi connectivity index (χ0) is 29.0. The van der Waals surface area contributed by atoms with E-state index in [0.29, 0.717) is 13.0 Å². The third kappa shape index (κ3) is 6.35. The first kappa shape index (κ1) is 28.9. The van der Waals surface area contributed by atoms with Crippen molar-refractivity contribution in [3.8, 4) is 5.75 Å². The predicted octanol–water partition coefficient (Wildman–Crippen LogP) is 1.88. The molecule has 0 amide bonds. The molecule has 1 spiro atoms. The highest BCUT2D eigenvalue weighted by atomic mass is 31.2. The normalized spacial score (nSPS) is 25.7. The number of ether oxygens (including phenoxy) is 3. The Labute approximate surface area is 234 Å². The van der Waals surface area contributed by atoms with Crippen molar-refractivity contribution < 1.29 is 37.7 Å². The van der Waals surface area contributed by atoms with Crippen LogP contribution in [-0.4, -0.2) is 57.7 Å². The summed E-state index contributed by atoms with van der Waals surface area (Å²) in [4.78, 5) is 38.8. The maximum atomic E-state index is 13.9. The van der Waals surface area contributed by atoms with E-state index < -0.39 is 61.7 Å². The first-order valence-corrected chi connectivity index (χ1v) is 14.5. The van der Waals surface area contributed by atoms with Crippen LogP contribution in [0, 0.1) is 0 Å². The van der Waals surface area contributed by atoms with Crippen LogP contribution < -0.4 is 20.9 Å². The number of benzene rings is 2. The number of aromatic nitrogens is 2. The van der Waals surface area contributed by atoms with Gasteiger partial charge in [0, 0.05) is 18.7 Å². The summed E-state index contributed by atoms with van der Waals surface area (Å²) in [5.74, 6) is -0.483. The molecule has 2 aromatic carbocycles. The molecule has 41 heavy (non-hydrogen) atoms. The van der Waals surface area contributed by atoms with Crippen LogP contribution in [0.3, 0.4) is 0 Å². The molecule has 0 bridgehead atoms. The van der Waals surface area contributed by atoms with Gasteiger partial charge in [-0.1, -0.05) is 48.5 Å². The summed E-state index contributed by atoms with van der Waals surface area (Å²) in [6.07, 6.45) is -1.86. The highest BCUT2D eigenvalue weighted by Gasteiger charge is 2.62. The number of nitrogens with zero attached hydrogens (tertiary/aromatic N) is 1. The highest BCUT2D eigenvalue weighted by Crippen LogP contribution is 2.50. The van der Waals surface area contributed by atoms with Crippen molar-refractivity contribution in [1.29, 1.82) is 0 Å². The molecule has 2 fully saturated rings. The third-order valence-electron chi connectivity index (χ3n) is 6.85. The van der Waals surface area contributed by atoms with Crippen molar-refractivity contribution in [2.45, 2.75) is 50.0 Å². The standard InChI is InChI=1S/C27H30N3O10P/c1-18(24(33)36-16-19-8-4-2-5-9-19)29-41(35,40-20-10-6-3-7-11-20)38-17-21-23(32)27(13-15-37-27)25(39-21)30-14-12-22(31)28-26(30)34/h2-12,14,18,21,23,25,32H,13,15-17H2,1H3,(H,29,35)(H,28,31,34). The average Bonchev–Trinajstić information content (AvgIpc) is 3.24. The summed E-state index contributed by atoms with van der Waals surface area (Å²) in [5.41, 5.74) is -1.82. The predicted molar refractivity (Wildman–Crippen MR) is 144 cm³/mol. The van der Waals surface area contributed by atoms with Gasteiger partial charge in [-0.05, 0) is 24.6 Å². The Kier molecular flexibility index (Phi) is 8.55. The number of H-pyrrole nitrogens is 1. The lowest BCUT2D eigenvalue weighted by molar-refractivity contribution is -0.227. The fourth-order valence-corrected chi connectivity index (χ4v) is 6.15. The highest BCUT2D eigenvalue weighted by molar-refractivity contribution is 7.52. The van der Waals surface area contributed by atoms with Crippen molar-refractivity contribution >= 4 is 13.7 Å². The number of esters is 1. The Morgan fingerprint density at radius 2 is 1.85 bits per heavy atom. The fraction of sp³-hybridized carbons (Fsp3) is 0.370. The van der Waals surface area contributed by atoms with Crippen LogP contribution in [0.5, 0.6) is 5.75 Å². The molecule has 1 aromatic heterocycles. The van der Waals surface area contributed by atoms with Gasteiger partial charge in [-0.3, -0.25) is 23.7 Å². The smallest absolute Gasteiger partial charge is 0.459 e. The molecule has 5 rings (SSSR count). The molecule has 2 saturated heterocycles. The van der Waals surface area contributed by atoms with Gasteiger partial charge >= 0.3 is 19.4 Å². The summed E-state index contributed by atoms with van der Waals surface area (Å²) >= 11 is 0. The van der Waals surface area contributed by atoms with Crippen LogP contribution in [-0.2, 0) is 34.7 Å². The molecule has 3 aromatic rings. The van der Waals surface area contributed by atoms with E-state index in [1.165, 1.54) is 13.1 Å². The van der Waals surface area contributed by atoms with Gasteiger partial charge in [0.15, 0.2) is 6.23 Å². The molecule has 0 saturated carbocycles. The van der Waals surface area contributed by atoms with Crippen LogP contribution in [0.25, 0.3) is 0 Å². The molecule has 3 heterocycles. The summed E-state index contributed by atoms with van der Waals surface area (Å²) in [5, 5.41) is 13.7. The van der Waals surface area contributed by atoms with Gasteiger partial charge in [0.1, 0.15) is 36.2 Å². The lowest BCUT2D eigenvalue weighted by Gasteiger charge is -2.44. The minimum Gasteiger partial charge on any atom is -0.460 e. The molecule has 0 radical (unpaired) electrons. The van der Waals surface area contributed by atoms with Crippen molar-refractivity contribution in [3.63, 3.8) is 0 Å². The van der Waals surface area contributed by atoms with E-state index in [4.69, 9.17) is 23.3 Å². The molecular weight excluding hydrogens is 557 g/mol. The minimum absolute atomic E-state index is 0.0199. The lowest BCUT2D eigenvalue weighted by Crippen LogP contribution is -2.57.